The second kappa shape index (κ2) is 6.41. The van der Waals surface area contributed by atoms with Gasteiger partial charge in [-0.15, -0.1) is 11.3 Å². The largest absolute Gasteiger partial charge is 0.306 e. The lowest BCUT2D eigenvalue weighted by Crippen LogP contribution is -2.25. The number of rotatable bonds is 5. The molecule has 1 aromatic carbocycles. The van der Waals surface area contributed by atoms with Gasteiger partial charge < -0.3 is 5.32 Å². The van der Waals surface area contributed by atoms with Crippen LogP contribution in [0.5, 0.6) is 0 Å². The summed E-state index contributed by atoms with van der Waals surface area (Å²) in [5.41, 5.74) is 0.703. The van der Waals surface area contributed by atoms with Crippen LogP contribution in [0, 0.1) is 24.4 Å². The molecule has 0 fully saturated rings. The molecule has 0 aliphatic carbocycles. The van der Waals surface area contributed by atoms with Gasteiger partial charge in [0.05, 0.1) is 6.04 Å². The maximum absolute atomic E-state index is 14.0. The van der Waals surface area contributed by atoms with Crippen LogP contribution in [0.3, 0.4) is 0 Å². The maximum atomic E-state index is 14.0. The van der Waals surface area contributed by atoms with Crippen LogP contribution in [0.2, 0.25) is 0 Å². The number of halogens is 3. The van der Waals surface area contributed by atoms with Gasteiger partial charge in [-0.2, -0.15) is 0 Å². The van der Waals surface area contributed by atoms with Gasteiger partial charge >= 0.3 is 0 Å². The van der Waals surface area contributed by atoms with Crippen LogP contribution in [-0.4, -0.2) is 6.54 Å². The fraction of sp³-hybridized carbons (Fsp3) is 0.333. The molecule has 1 atom stereocenters. The van der Waals surface area contributed by atoms with Crippen molar-refractivity contribution in [2.24, 2.45) is 0 Å². The second-order valence-corrected chi connectivity index (χ2v) is 5.72. The van der Waals surface area contributed by atoms with Gasteiger partial charge in [-0.05, 0) is 36.9 Å². The van der Waals surface area contributed by atoms with Gasteiger partial charge in [0.25, 0.3) is 0 Å². The molecule has 5 heteroatoms. The van der Waals surface area contributed by atoms with E-state index in [1.807, 2.05) is 25.3 Å². The molecule has 1 unspecified atom stereocenters. The zero-order valence-electron chi connectivity index (χ0n) is 11.3. The SMILES string of the molecule is CCCNC(c1ccsc1C)c1c(F)cc(F)cc1F. The van der Waals surface area contributed by atoms with E-state index in [9.17, 15) is 13.2 Å². The monoisotopic (exact) mass is 299 g/mol. The molecule has 1 heterocycles. The van der Waals surface area contributed by atoms with Crippen LogP contribution >= 0.6 is 11.3 Å². The summed E-state index contributed by atoms with van der Waals surface area (Å²) in [4.78, 5) is 0.988. The number of aryl methyl sites for hydroxylation is 1. The average Bonchev–Trinajstić information content (AvgIpc) is 2.78. The minimum atomic E-state index is -0.903. The van der Waals surface area contributed by atoms with Gasteiger partial charge in [-0.3, -0.25) is 0 Å². The predicted octanol–water partition coefficient (Wildman–Crippen LogP) is 4.56. The van der Waals surface area contributed by atoms with Crippen molar-refractivity contribution in [1.29, 1.82) is 0 Å². The Balaban J connectivity index is 2.50. The van der Waals surface area contributed by atoms with E-state index in [2.05, 4.69) is 5.32 Å². The first-order chi connectivity index (χ1) is 9.54. The molecule has 0 radical (unpaired) electrons. The van der Waals surface area contributed by atoms with E-state index in [-0.39, 0.29) is 5.56 Å². The highest BCUT2D eigenvalue weighted by molar-refractivity contribution is 7.10. The average molecular weight is 299 g/mol. The molecule has 0 bridgehead atoms. The summed E-state index contributed by atoms with van der Waals surface area (Å²) in [6, 6.07) is 2.69. The van der Waals surface area contributed by atoms with Crippen molar-refractivity contribution in [3.05, 3.63) is 57.0 Å². The Kier molecular flexibility index (Phi) is 4.83. The summed E-state index contributed by atoms with van der Waals surface area (Å²) in [7, 11) is 0. The quantitative estimate of drug-likeness (QED) is 0.853. The maximum Gasteiger partial charge on any atom is 0.134 e. The van der Waals surface area contributed by atoms with Crippen molar-refractivity contribution in [1.82, 2.24) is 5.32 Å². The van der Waals surface area contributed by atoms with Crippen LogP contribution in [0.4, 0.5) is 13.2 Å². The summed E-state index contributed by atoms with van der Waals surface area (Å²) < 4.78 is 41.0. The van der Waals surface area contributed by atoms with Crippen molar-refractivity contribution in [3.8, 4) is 0 Å². The number of nitrogens with one attached hydrogen (secondary N) is 1. The summed E-state index contributed by atoms with van der Waals surface area (Å²) in [5, 5.41) is 5.01. The highest BCUT2D eigenvalue weighted by atomic mass is 32.1. The van der Waals surface area contributed by atoms with Crippen LogP contribution in [-0.2, 0) is 0 Å². The van der Waals surface area contributed by atoms with Crippen molar-refractivity contribution in [2.75, 3.05) is 6.54 Å². The highest BCUT2D eigenvalue weighted by Gasteiger charge is 2.24. The van der Waals surface area contributed by atoms with Gasteiger partial charge in [0, 0.05) is 22.6 Å². The molecule has 0 spiro atoms. The molecule has 0 aliphatic heterocycles. The third-order valence-corrected chi connectivity index (χ3v) is 4.00. The van der Waals surface area contributed by atoms with Gasteiger partial charge in [0.15, 0.2) is 0 Å². The number of hydrogen-bond acceptors (Lipinski definition) is 2. The molecule has 0 amide bonds. The highest BCUT2D eigenvalue weighted by Crippen LogP contribution is 2.31. The van der Waals surface area contributed by atoms with E-state index < -0.39 is 23.5 Å². The Morgan fingerprint density at radius 2 is 1.85 bits per heavy atom. The molecule has 1 nitrogen and oxygen atoms in total. The van der Waals surface area contributed by atoms with Crippen molar-refractivity contribution in [2.45, 2.75) is 26.3 Å². The molecule has 2 aromatic rings. The van der Waals surface area contributed by atoms with Gasteiger partial charge in [-0.1, -0.05) is 6.92 Å². The molecule has 1 aromatic heterocycles. The normalized spacial score (nSPS) is 12.7. The Morgan fingerprint density at radius 3 is 2.35 bits per heavy atom. The Bertz CT molecular complexity index is 572. The minimum Gasteiger partial charge on any atom is -0.306 e. The van der Waals surface area contributed by atoms with Crippen molar-refractivity contribution < 1.29 is 13.2 Å². The second-order valence-electron chi connectivity index (χ2n) is 4.60. The van der Waals surface area contributed by atoms with E-state index in [1.165, 1.54) is 11.3 Å². The molecule has 2 rings (SSSR count). The molecular formula is C15H16F3NS. The minimum absolute atomic E-state index is 0.124. The molecule has 0 saturated heterocycles. The first kappa shape index (κ1) is 15.1. The van der Waals surface area contributed by atoms with E-state index in [1.54, 1.807) is 0 Å². The summed E-state index contributed by atoms with van der Waals surface area (Å²) in [6.07, 6.45) is 0.837. The zero-order chi connectivity index (χ0) is 14.7. The smallest absolute Gasteiger partial charge is 0.134 e. The van der Waals surface area contributed by atoms with Crippen LogP contribution in [0.1, 0.15) is 35.4 Å². The van der Waals surface area contributed by atoms with Gasteiger partial charge in [-0.25, -0.2) is 13.2 Å². The van der Waals surface area contributed by atoms with E-state index in [4.69, 9.17) is 0 Å². The summed E-state index contributed by atoms with van der Waals surface area (Å²) in [5.74, 6) is -2.62. The zero-order valence-corrected chi connectivity index (χ0v) is 12.2. The van der Waals surface area contributed by atoms with Gasteiger partial charge in [0.1, 0.15) is 17.5 Å². The first-order valence-electron chi connectivity index (χ1n) is 6.46. The third kappa shape index (κ3) is 3.04. The van der Waals surface area contributed by atoms with E-state index >= 15 is 0 Å². The summed E-state index contributed by atoms with van der Waals surface area (Å²) in [6.45, 7) is 4.50. The number of benzene rings is 1. The molecule has 0 aliphatic rings. The lowest BCUT2D eigenvalue weighted by molar-refractivity contribution is 0.486. The van der Waals surface area contributed by atoms with Gasteiger partial charge in [0.2, 0.25) is 0 Å². The lowest BCUT2D eigenvalue weighted by Gasteiger charge is -2.20. The molecule has 0 saturated carbocycles. The third-order valence-electron chi connectivity index (χ3n) is 3.14. The number of hydrogen-bond donors (Lipinski definition) is 1. The van der Waals surface area contributed by atoms with Crippen molar-refractivity contribution in [3.63, 3.8) is 0 Å². The molecule has 108 valence electrons. The Hall–Kier alpha value is -1.33. The van der Waals surface area contributed by atoms with E-state index in [0.29, 0.717) is 6.54 Å². The molecule has 20 heavy (non-hydrogen) atoms. The Labute approximate surface area is 120 Å². The fourth-order valence-corrected chi connectivity index (χ4v) is 2.92. The topological polar surface area (TPSA) is 12.0 Å². The fourth-order valence-electron chi connectivity index (χ4n) is 2.18. The standard InChI is InChI=1S/C15H16F3NS/c1-3-5-19-15(11-4-6-20-9(11)2)14-12(17)7-10(16)8-13(14)18/h4,6-8,15,19H,3,5H2,1-2H3. The predicted molar refractivity (Wildman–Crippen MR) is 75.5 cm³/mol. The molecular weight excluding hydrogens is 283 g/mol. The van der Waals surface area contributed by atoms with Crippen molar-refractivity contribution >= 4 is 11.3 Å². The lowest BCUT2D eigenvalue weighted by atomic mass is 9.98. The Morgan fingerprint density at radius 1 is 1.20 bits per heavy atom. The summed E-state index contributed by atoms with van der Waals surface area (Å²) >= 11 is 1.52. The van der Waals surface area contributed by atoms with Crippen LogP contribution < -0.4 is 5.32 Å². The van der Waals surface area contributed by atoms with Crippen LogP contribution in [0.25, 0.3) is 0 Å². The molecule has 1 N–H and O–H groups in total. The first-order valence-corrected chi connectivity index (χ1v) is 7.34. The van der Waals surface area contributed by atoms with Crippen LogP contribution in [0.15, 0.2) is 23.6 Å². The number of thiophene rings is 1. The van der Waals surface area contributed by atoms with E-state index in [0.717, 1.165) is 29.0 Å².